The summed E-state index contributed by atoms with van der Waals surface area (Å²) in [6.45, 7) is 10.3. The van der Waals surface area contributed by atoms with Gasteiger partial charge in [0.2, 0.25) is 6.04 Å². The van der Waals surface area contributed by atoms with Crippen LogP contribution < -0.4 is 24.3 Å². The van der Waals surface area contributed by atoms with Crippen LogP contribution in [0.2, 0.25) is 5.02 Å². The molecule has 0 aromatic heterocycles. The number of halogens is 1. The number of carbonyl (C=O) groups excluding carboxylic acids is 2. The predicted molar refractivity (Wildman–Crippen MR) is 130 cm³/mol. The summed E-state index contributed by atoms with van der Waals surface area (Å²) in [6, 6.07) is 6.73. The second-order valence-electron chi connectivity index (χ2n) is 6.86. The Morgan fingerprint density at radius 3 is 2.06 bits per heavy atom. The number of benzene rings is 2. The van der Waals surface area contributed by atoms with Crippen LogP contribution >= 0.6 is 11.6 Å². The molecule has 0 fully saturated rings. The summed E-state index contributed by atoms with van der Waals surface area (Å²) in [7, 11) is 0. The Morgan fingerprint density at radius 2 is 1.47 bits per heavy atom. The maximum Gasteiger partial charge on any atom is 0.258 e. The second kappa shape index (κ2) is 13.4. The van der Waals surface area contributed by atoms with Gasteiger partial charge in [-0.1, -0.05) is 11.6 Å². The summed E-state index contributed by atoms with van der Waals surface area (Å²) in [6.07, 6.45) is 0. The zero-order valence-electron chi connectivity index (χ0n) is 20.0. The third-order valence-electron chi connectivity index (χ3n) is 4.35. The fraction of sp³-hybridized carbons (Fsp3) is 0.417. The predicted octanol–water partition coefficient (Wildman–Crippen LogP) is 5.61. The van der Waals surface area contributed by atoms with Gasteiger partial charge in [0.15, 0.2) is 17.3 Å². The molecule has 0 radical (unpaired) electrons. The first-order chi connectivity index (χ1) is 16.3. The van der Waals surface area contributed by atoms with Gasteiger partial charge >= 0.3 is 0 Å². The molecular formula is C24H30ClN3O6. The van der Waals surface area contributed by atoms with Crippen molar-refractivity contribution in [2.24, 2.45) is 10.2 Å². The van der Waals surface area contributed by atoms with Crippen LogP contribution in [0.25, 0.3) is 0 Å². The van der Waals surface area contributed by atoms with Crippen molar-refractivity contribution in [3.8, 4) is 23.0 Å². The number of hydrogen-bond acceptors (Lipinski definition) is 8. The first-order valence-corrected chi connectivity index (χ1v) is 11.4. The van der Waals surface area contributed by atoms with Crippen molar-refractivity contribution in [2.45, 2.75) is 40.7 Å². The standard InChI is InChI=1S/C24H30ClN3O6/c1-6-31-16-10-11-18(20(12-16)32-7-2)27-28-23(15(5)29)24(30)26-19-14-22(34-9-4)21(33-8-3)13-17(19)25/h10-14,23H,6-9H2,1-5H3,(H,26,30). The minimum absolute atomic E-state index is 0.227. The number of hydrogen-bond donors (Lipinski definition) is 1. The van der Waals surface area contributed by atoms with Gasteiger partial charge in [0.25, 0.3) is 5.91 Å². The van der Waals surface area contributed by atoms with E-state index in [9.17, 15) is 9.59 Å². The van der Waals surface area contributed by atoms with E-state index >= 15 is 0 Å². The van der Waals surface area contributed by atoms with Gasteiger partial charge in [-0.15, -0.1) is 0 Å². The molecule has 0 saturated carbocycles. The average Bonchev–Trinajstić information content (AvgIpc) is 2.78. The minimum Gasteiger partial charge on any atom is -0.494 e. The maximum atomic E-state index is 12.9. The molecule has 0 aliphatic carbocycles. The van der Waals surface area contributed by atoms with Crippen molar-refractivity contribution in [3.63, 3.8) is 0 Å². The summed E-state index contributed by atoms with van der Waals surface area (Å²) in [5.74, 6) is 0.734. The highest BCUT2D eigenvalue weighted by Crippen LogP contribution is 2.37. The largest absolute Gasteiger partial charge is 0.494 e. The van der Waals surface area contributed by atoms with Crippen molar-refractivity contribution in [2.75, 3.05) is 31.7 Å². The van der Waals surface area contributed by atoms with E-state index in [1.807, 2.05) is 27.7 Å². The minimum atomic E-state index is -1.39. The summed E-state index contributed by atoms with van der Waals surface area (Å²) in [5, 5.41) is 10.9. The third kappa shape index (κ3) is 7.34. The number of azo groups is 1. The smallest absolute Gasteiger partial charge is 0.258 e. The lowest BCUT2D eigenvalue weighted by molar-refractivity contribution is -0.126. The lowest BCUT2D eigenvalue weighted by Crippen LogP contribution is -2.32. The molecule has 2 aromatic rings. The molecule has 1 amide bonds. The molecule has 184 valence electrons. The third-order valence-corrected chi connectivity index (χ3v) is 4.66. The summed E-state index contributed by atoms with van der Waals surface area (Å²) < 4.78 is 22.2. The van der Waals surface area contributed by atoms with Crippen LogP contribution in [0.4, 0.5) is 11.4 Å². The Kier molecular flexibility index (Phi) is 10.6. The highest BCUT2D eigenvalue weighted by atomic mass is 35.5. The van der Waals surface area contributed by atoms with Crippen molar-refractivity contribution < 1.29 is 28.5 Å². The first kappa shape index (κ1) is 26.9. The summed E-state index contributed by atoms with van der Waals surface area (Å²) in [4.78, 5) is 25.1. The Balaban J connectivity index is 2.29. The highest BCUT2D eigenvalue weighted by Gasteiger charge is 2.25. The van der Waals surface area contributed by atoms with Gasteiger partial charge in [0.1, 0.15) is 17.2 Å². The lowest BCUT2D eigenvalue weighted by atomic mass is 10.2. The lowest BCUT2D eigenvalue weighted by Gasteiger charge is -2.15. The van der Waals surface area contributed by atoms with Gasteiger partial charge in [-0.05, 0) is 46.8 Å². The fourth-order valence-corrected chi connectivity index (χ4v) is 3.11. The summed E-state index contributed by atoms with van der Waals surface area (Å²) in [5.41, 5.74) is 0.623. The Morgan fingerprint density at radius 1 is 0.882 bits per heavy atom. The number of carbonyl (C=O) groups is 2. The number of nitrogens with one attached hydrogen (secondary N) is 1. The normalized spacial score (nSPS) is 11.7. The van der Waals surface area contributed by atoms with Crippen LogP contribution in [0.5, 0.6) is 23.0 Å². The molecular weight excluding hydrogens is 462 g/mol. The molecule has 1 unspecified atom stereocenters. The molecule has 10 heteroatoms. The number of anilines is 1. The monoisotopic (exact) mass is 491 g/mol. The van der Waals surface area contributed by atoms with E-state index in [1.54, 1.807) is 30.3 Å². The van der Waals surface area contributed by atoms with E-state index in [0.29, 0.717) is 55.1 Å². The molecule has 0 aliphatic rings. The van der Waals surface area contributed by atoms with Crippen LogP contribution in [0, 0.1) is 0 Å². The Labute approximate surface area is 204 Å². The van der Waals surface area contributed by atoms with Crippen LogP contribution in [0.15, 0.2) is 40.6 Å². The number of ether oxygens (including phenoxy) is 4. The number of Topliss-reactive ketones (excluding diaryl/α,β-unsaturated/α-hetero) is 1. The maximum absolute atomic E-state index is 12.9. The molecule has 0 aliphatic heterocycles. The zero-order chi connectivity index (χ0) is 25.1. The summed E-state index contributed by atoms with van der Waals surface area (Å²) >= 11 is 6.32. The fourth-order valence-electron chi connectivity index (χ4n) is 2.91. The van der Waals surface area contributed by atoms with Crippen LogP contribution in [0.3, 0.4) is 0 Å². The molecule has 1 N–H and O–H groups in total. The van der Waals surface area contributed by atoms with Gasteiger partial charge in [0.05, 0.1) is 37.1 Å². The molecule has 34 heavy (non-hydrogen) atoms. The van der Waals surface area contributed by atoms with E-state index in [0.717, 1.165) is 0 Å². The first-order valence-electron chi connectivity index (χ1n) is 11.0. The van der Waals surface area contributed by atoms with Gasteiger partial charge in [-0.2, -0.15) is 10.2 Å². The molecule has 2 rings (SSSR count). The van der Waals surface area contributed by atoms with Crippen molar-refractivity contribution in [3.05, 3.63) is 35.4 Å². The van der Waals surface area contributed by atoms with E-state index in [-0.39, 0.29) is 10.7 Å². The Hall–Kier alpha value is -3.33. The highest BCUT2D eigenvalue weighted by molar-refractivity contribution is 6.34. The van der Waals surface area contributed by atoms with E-state index in [1.165, 1.54) is 6.92 Å². The van der Waals surface area contributed by atoms with Gasteiger partial charge in [-0.3, -0.25) is 9.59 Å². The van der Waals surface area contributed by atoms with Crippen molar-refractivity contribution >= 4 is 34.7 Å². The van der Waals surface area contributed by atoms with Crippen LogP contribution in [-0.4, -0.2) is 44.2 Å². The molecule has 0 bridgehead atoms. The number of ketones is 1. The Bertz CT molecular complexity index is 1030. The average molecular weight is 492 g/mol. The molecule has 2 aromatic carbocycles. The SMILES string of the molecule is CCOc1ccc(N=NC(C(C)=O)C(=O)Nc2cc(OCC)c(OCC)cc2Cl)c(OCC)c1. The molecule has 1 atom stereocenters. The molecule has 9 nitrogen and oxygen atoms in total. The van der Waals surface area contributed by atoms with Gasteiger partial charge in [0, 0.05) is 18.2 Å². The molecule has 0 saturated heterocycles. The van der Waals surface area contributed by atoms with Gasteiger partial charge < -0.3 is 24.3 Å². The van der Waals surface area contributed by atoms with E-state index in [4.69, 9.17) is 30.5 Å². The second-order valence-corrected chi connectivity index (χ2v) is 7.27. The quantitative estimate of drug-likeness (QED) is 0.288. The van der Waals surface area contributed by atoms with Gasteiger partial charge in [-0.25, -0.2) is 0 Å². The van der Waals surface area contributed by atoms with E-state index in [2.05, 4.69) is 15.5 Å². The topological polar surface area (TPSA) is 108 Å². The van der Waals surface area contributed by atoms with Crippen LogP contribution in [0.1, 0.15) is 34.6 Å². The number of rotatable bonds is 13. The zero-order valence-corrected chi connectivity index (χ0v) is 20.8. The molecule has 0 heterocycles. The van der Waals surface area contributed by atoms with E-state index < -0.39 is 17.7 Å². The molecule has 0 spiro atoms. The van der Waals surface area contributed by atoms with Crippen molar-refractivity contribution in [1.29, 1.82) is 0 Å². The number of nitrogens with zero attached hydrogens (tertiary/aromatic N) is 2. The number of amides is 1. The van der Waals surface area contributed by atoms with Crippen LogP contribution in [-0.2, 0) is 9.59 Å². The van der Waals surface area contributed by atoms with Crippen molar-refractivity contribution in [1.82, 2.24) is 0 Å².